The van der Waals surface area contributed by atoms with Crippen molar-refractivity contribution in [1.82, 2.24) is 0 Å². The van der Waals surface area contributed by atoms with Crippen molar-refractivity contribution in [3.63, 3.8) is 0 Å². The molecule has 156 valence electrons. The van der Waals surface area contributed by atoms with Crippen molar-refractivity contribution in [3.05, 3.63) is 98.9 Å². The lowest BCUT2D eigenvalue weighted by Gasteiger charge is -2.25. The topological polar surface area (TPSA) is 108 Å². The zero-order valence-electron chi connectivity index (χ0n) is 17.0. The maximum atomic E-state index is 12.6. The maximum absolute atomic E-state index is 12.6. The van der Waals surface area contributed by atoms with Gasteiger partial charge in [-0.1, -0.05) is 36.4 Å². The summed E-state index contributed by atoms with van der Waals surface area (Å²) in [4.78, 5) is 12.6. The van der Waals surface area contributed by atoms with Gasteiger partial charge in [0.1, 0.15) is 29.8 Å². The number of aryl methyl sites for hydroxylation is 1. The average Bonchev–Trinajstić information content (AvgIpc) is 2.77. The molecule has 0 fully saturated rings. The first kappa shape index (κ1) is 20.1. The third-order valence-corrected chi connectivity index (χ3v) is 5.01. The second-order valence-corrected chi connectivity index (χ2v) is 7.03. The Bertz CT molecular complexity index is 1260. The van der Waals surface area contributed by atoms with Crippen LogP contribution in [0.15, 0.2) is 75.3 Å². The number of allylic oxidation sites excluding steroid dienone is 1. The van der Waals surface area contributed by atoms with E-state index >= 15 is 0 Å². The van der Waals surface area contributed by atoms with Crippen molar-refractivity contribution in [1.29, 1.82) is 5.26 Å². The van der Waals surface area contributed by atoms with Gasteiger partial charge < -0.3 is 24.4 Å². The van der Waals surface area contributed by atoms with Crippen LogP contribution < -0.4 is 25.6 Å². The smallest absolute Gasteiger partial charge is 0.343 e. The molecule has 0 radical (unpaired) electrons. The van der Waals surface area contributed by atoms with E-state index in [-0.39, 0.29) is 22.8 Å². The minimum Gasteiger partial charge on any atom is -0.493 e. The van der Waals surface area contributed by atoms with Crippen molar-refractivity contribution >= 4 is 0 Å². The van der Waals surface area contributed by atoms with Crippen LogP contribution in [-0.2, 0) is 6.61 Å². The summed E-state index contributed by atoms with van der Waals surface area (Å²) >= 11 is 0. The minimum absolute atomic E-state index is 0.0478. The van der Waals surface area contributed by atoms with Gasteiger partial charge in [0.05, 0.1) is 18.6 Å². The normalized spacial score (nSPS) is 14.9. The second-order valence-electron chi connectivity index (χ2n) is 7.03. The molecule has 1 unspecified atom stereocenters. The number of nitrogens with zero attached hydrogens (tertiary/aromatic N) is 1. The summed E-state index contributed by atoms with van der Waals surface area (Å²) in [5, 5.41) is 9.70. The lowest BCUT2D eigenvalue weighted by Crippen LogP contribution is -2.26. The van der Waals surface area contributed by atoms with Crippen molar-refractivity contribution in [3.8, 4) is 23.3 Å². The summed E-state index contributed by atoms with van der Waals surface area (Å²) in [6.07, 6.45) is 0. The molecule has 0 aliphatic carbocycles. The molecule has 0 bridgehead atoms. The Hall–Kier alpha value is -4.18. The van der Waals surface area contributed by atoms with Gasteiger partial charge in [0.2, 0.25) is 5.88 Å². The first-order valence-electron chi connectivity index (χ1n) is 9.58. The van der Waals surface area contributed by atoms with Crippen molar-refractivity contribution < 1.29 is 18.6 Å². The van der Waals surface area contributed by atoms with Gasteiger partial charge in [0, 0.05) is 6.07 Å². The summed E-state index contributed by atoms with van der Waals surface area (Å²) in [6.45, 7) is 2.01. The molecule has 4 rings (SSSR count). The van der Waals surface area contributed by atoms with E-state index in [2.05, 4.69) is 6.07 Å². The van der Waals surface area contributed by atoms with E-state index in [0.29, 0.717) is 29.4 Å². The van der Waals surface area contributed by atoms with Gasteiger partial charge in [0.25, 0.3) is 0 Å². The Morgan fingerprint density at radius 1 is 1.13 bits per heavy atom. The fourth-order valence-electron chi connectivity index (χ4n) is 3.57. The van der Waals surface area contributed by atoms with E-state index in [1.54, 1.807) is 31.2 Å². The molecule has 7 nitrogen and oxygen atoms in total. The predicted molar refractivity (Wildman–Crippen MR) is 113 cm³/mol. The van der Waals surface area contributed by atoms with Crippen LogP contribution in [0.2, 0.25) is 0 Å². The number of methoxy groups -OCH3 is 1. The monoisotopic (exact) mass is 416 g/mol. The quantitative estimate of drug-likeness (QED) is 0.675. The molecule has 2 heterocycles. The van der Waals surface area contributed by atoms with Crippen molar-refractivity contribution in [2.45, 2.75) is 19.4 Å². The summed E-state index contributed by atoms with van der Waals surface area (Å²) in [5.41, 5.74) is 7.40. The Balaban J connectivity index is 1.75. The van der Waals surface area contributed by atoms with Gasteiger partial charge in [-0.2, -0.15) is 5.26 Å². The summed E-state index contributed by atoms with van der Waals surface area (Å²) in [7, 11) is 1.53. The molecule has 0 saturated carbocycles. The molecule has 3 aromatic rings. The lowest BCUT2D eigenvalue weighted by atomic mass is 9.84. The van der Waals surface area contributed by atoms with Crippen LogP contribution in [0.25, 0.3) is 0 Å². The number of benzene rings is 2. The summed E-state index contributed by atoms with van der Waals surface area (Å²) in [6, 6.07) is 18.6. The van der Waals surface area contributed by atoms with Gasteiger partial charge in [-0.25, -0.2) is 4.79 Å². The number of nitriles is 1. The zero-order chi connectivity index (χ0) is 22.0. The van der Waals surface area contributed by atoms with E-state index in [4.69, 9.17) is 24.4 Å². The molecule has 1 aliphatic rings. The van der Waals surface area contributed by atoms with Gasteiger partial charge in [-0.15, -0.1) is 0 Å². The Labute approximate surface area is 178 Å². The van der Waals surface area contributed by atoms with Crippen molar-refractivity contribution in [2.75, 3.05) is 7.11 Å². The third-order valence-electron chi connectivity index (χ3n) is 5.01. The van der Waals surface area contributed by atoms with E-state index in [9.17, 15) is 10.1 Å². The molecular formula is C24H20N2O5. The molecule has 31 heavy (non-hydrogen) atoms. The van der Waals surface area contributed by atoms with Gasteiger partial charge in [-0.3, -0.25) is 0 Å². The van der Waals surface area contributed by atoms with Crippen LogP contribution in [0, 0.1) is 18.3 Å². The van der Waals surface area contributed by atoms with E-state index in [0.717, 1.165) is 5.56 Å². The molecule has 1 atom stereocenters. The van der Waals surface area contributed by atoms with Crippen LogP contribution in [0.3, 0.4) is 0 Å². The number of rotatable bonds is 5. The first-order valence-corrected chi connectivity index (χ1v) is 9.58. The number of ether oxygens (including phenoxy) is 3. The fraction of sp³-hybridized carbons (Fsp3) is 0.167. The van der Waals surface area contributed by atoms with Crippen LogP contribution >= 0.6 is 0 Å². The number of hydrogen-bond donors (Lipinski definition) is 1. The molecule has 0 spiro atoms. The maximum Gasteiger partial charge on any atom is 0.343 e. The van der Waals surface area contributed by atoms with Crippen LogP contribution in [0.5, 0.6) is 17.2 Å². The Kier molecular flexibility index (Phi) is 5.37. The van der Waals surface area contributed by atoms with E-state index in [1.807, 2.05) is 30.3 Å². The Morgan fingerprint density at radius 3 is 2.61 bits per heavy atom. The van der Waals surface area contributed by atoms with Gasteiger partial charge >= 0.3 is 5.63 Å². The van der Waals surface area contributed by atoms with Crippen LogP contribution in [-0.4, -0.2) is 7.11 Å². The minimum atomic E-state index is -0.748. The molecule has 0 saturated heterocycles. The molecule has 1 aromatic heterocycles. The highest BCUT2D eigenvalue weighted by Crippen LogP contribution is 2.42. The molecular weight excluding hydrogens is 396 g/mol. The van der Waals surface area contributed by atoms with E-state index < -0.39 is 11.5 Å². The van der Waals surface area contributed by atoms with Gasteiger partial charge in [0.15, 0.2) is 11.5 Å². The molecule has 7 heteroatoms. The predicted octanol–water partition coefficient (Wildman–Crippen LogP) is 3.75. The van der Waals surface area contributed by atoms with Gasteiger partial charge in [-0.05, 0) is 30.2 Å². The summed E-state index contributed by atoms with van der Waals surface area (Å²) in [5.74, 6) is 0.871. The third kappa shape index (κ3) is 3.83. The largest absolute Gasteiger partial charge is 0.493 e. The highest BCUT2D eigenvalue weighted by atomic mass is 16.5. The summed E-state index contributed by atoms with van der Waals surface area (Å²) < 4.78 is 22.2. The SMILES string of the molecule is COc1cc(C2C(C#N)=C(N)Oc3cc(C)oc(=O)c32)ccc1OCc1ccccc1. The number of nitrogens with two attached hydrogens (primary N) is 1. The van der Waals surface area contributed by atoms with Crippen LogP contribution in [0.1, 0.15) is 28.4 Å². The number of hydrogen-bond acceptors (Lipinski definition) is 7. The standard InChI is InChI=1S/C24H20N2O5/c1-14-10-20-22(24(27)30-14)21(17(12-25)23(26)31-20)16-8-9-18(19(11-16)28-2)29-13-15-6-4-3-5-7-15/h3-11,21H,13,26H2,1-2H3. The van der Waals surface area contributed by atoms with Crippen molar-refractivity contribution in [2.24, 2.45) is 5.73 Å². The zero-order valence-corrected chi connectivity index (χ0v) is 17.0. The highest BCUT2D eigenvalue weighted by molar-refractivity contribution is 5.57. The van der Waals surface area contributed by atoms with E-state index in [1.165, 1.54) is 7.11 Å². The second kappa shape index (κ2) is 8.28. The average molecular weight is 416 g/mol. The number of fused-ring (bicyclic) bond motifs is 1. The molecule has 1 aliphatic heterocycles. The highest BCUT2D eigenvalue weighted by Gasteiger charge is 2.34. The molecule has 2 N–H and O–H groups in total. The Morgan fingerprint density at radius 2 is 1.90 bits per heavy atom. The molecule has 2 aromatic carbocycles. The molecule has 0 amide bonds. The van der Waals surface area contributed by atoms with Crippen LogP contribution in [0.4, 0.5) is 0 Å². The lowest BCUT2D eigenvalue weighted by molar-refractivity contribution is 0.284. The first-order chi connectivity index (χ1) is 15.0. The fourth-order valence-corrected chi connectivity index (χ4v) is 3.57.